The van der Waals surface area contributed by atoms with E-state index in [2.05, 4.69) is 15.3 Å². The van der Waals surface area contributed by atoms with Crippen molar-refractivity contribution < 1.29 is 4.92 Å². The molecule has 1 N–H and O–H groups in total. The first-order valence-electron chi connectivity index (χ1n) is 7.54. The Balaban J connectivity index is 1.94. The molecule has 3 aromatic rings. The standard InChI is InChI=1S/C16H15N5O3S/c1-3-20-10(2)14(25-16(20)22)13-7-8-17-15(19-13)18-11-5-4-6-12(9-11)21(23)24/h4-9H,3H2,1-2H3,(H,17,18,19). The van der Waals surface area contributed by atoms with Gasteiger partial charge in [-0.25, -0.2) is 9.97 Å². The molecule has 0 saturated heterocycles. The van der Waals surface area contributed by atoms with E-state index in [1.54, 1.807) is 29.0 Å². The number of benzene rings is 1. The van der Waals surface area contributed by atoms with Crippen LogP contribution in [0.15, 0.2) is 41.3 Å². The summed E-state index contributed by atoms with van der Waals surface area (Å²) in [6, 6.07) is 7.84. The van der Waals surface area contributed by atoms with Crippen LogP contribution in [0.4, 0.5) is 17.3 Å². The second-order valence-electron chi connectivity index (χ2n) is 5.22. The van der Waals surface area contributed by atoms with Crippen molar-refractivity contribution >= 4 is 28.7 Å². The van der Waals surface area contributed by atoms with E-state index in [0.717, 1.165) is 21.9 Å². The van der Waals surface area contributed by atoms with Crippen LogP contribution < -0.4 is 10.2 Å². The summed E-state index contributed by atoms with van der Waals surface area (Å²) in [5, 5.41) is 13.8. The van der Waals surface area contributed by atoms with Crippen LogP contribution in [0, 0.1) is 17.0 Å². The zero-order valence-electron chi connectivity index (χ0n) is 13.6. The maximum absolute atomic E-state index is 12.0. The largest absolute Gasteiger partial charge is 0.324 e. The summed E-state index contributed by atoms with van der Waals surface area (Å²) < 4.78 is 1.69. The molecule has 128 valence electrons. The van der Waals surface area contributed by atoms with Gasteiger partial charge in [-0.2, -0.15) is 0 Å². The van der Waals surface area contributed by atoms with Gasteiger partial charge in [0.2, 0.25) is 5.95 Å². The molecule has 2 aromatic heterocycles. The van der Waals surface area contributed by atoms with E-state index in [1.165, 1.54) is 12.1 Å². The van der Waals surface area contributed by atoms with Gasteiger partial charge in [0.25, 0.3) is 5.69 Å². The smallest absolute Gasteiger partial charge is 0.307 e. The van der Waals surface area contributed by atoms with Crippen LogP contribution in [0.1, 0.15) is 12.6 Å². The summed E-state index contributed by atoms with van der Waals surface area (Å²) in [6.07, 6.45) is 1.59. The van der Waals surface area contributed by atoms with Gasteiger partial charge in [-0.05, 0) is 26.0 Å². The van der Waals surface area contributed by atoms with Gasteiger partial charge in [-0.3, -0.25) is 14.9 Å². The first kappa shape index (κ1) is 16.8. The van der Waals surface area contributed by atoms with Crippen LogP contribution in [0.25, 0.3) is 10.6 Å². The average molecular weight is 357 g/mol. The van der Waals surface area contributed by atoms with E-state index in [9.17, 15) is 14.9 Å². The summed E-state index contributed by atoms with van der Waals surface area (Å²) in [7, 11) is 0. The topological polar surface area (TPSA) is 103 Å². The van der Waals surface area contributed by atoms with E-state index in [-0.39, 0.29) is 10.6 Å². The predicted molar refractivity (Wildman–Crippen MR) is 96.4 cm³/mol. The number of thiazole rings is 1. The number of nitro groups is 1. The minimum Gasteiger partial charge on any atom is -0.324 e. The molecule has 0 atom stereocenters. The summed E-state index contributed by atoms with van der Waals surface area (Å²) >= 11 is 1.14. The molecule has 0 fully saturated rings. The van der Waals surface area contributed by atoms with Gasteiger partial charge < -0.3 is 9.88 Å². The van der Waals surface area contributed by atoms with Gasteiger partial charge in [0.15, 0.2) is 0 Å². The third-order valence-electron chi connectivity index (χ3n) is 3.66. The van der Waals surface area contributed by atoms with Crippen molar-refractivity contribution in [3.63, 3.8) is 0 Å². The Morgan fingerprint density at radius 1 is 1.36 bits per heavy atom. The number of nitrogens with zero attached hydrogens (tertiary/aromatic N) is 4. The second-order valence-corrected chi connectivity index (χ2v) is 6.19. The normalized spacial score (nSPS) is 10.6. The molecule has 2 heterocycles. The Kier molecular flexibility index (Phi) is 4.57. The van der Waals surface area contributed by atoms with Crippen molar-refractivity contribution in [3.8, 4) is 10.6 Å². The summed E-state index contributed by atoms with van der Waals surface area (Å²) in [5.74, 6) is 0.307. The Bertz CT molecular complexity index is 995. The van der Waals surface area contributed by atoms with Gasteiger partial charge in [0.05, 0.1) is 15.5 Å². The van der Waals surface area contributed by atoms with Crippen LogP contribution in [0.3, 0.4) is 0 Å². The molecular weight excluding hydrogens is 342 g/mol. The molecule has 8 nitrogen and oxygen atoms in total. The minimum atomic E-state index is -0.462. The van der Waals surface area contributed by atoms with Gasteiger partial charge in [0.1, 0.15) is 0 Å². The third kappa shape index (κ3) is 3.41. The van der Waals surface area contributed by atoms with Crippen molar-refractivity contribution in [1.29, 1.82) is 0 Å². The number of hydrogen-bond acceptors (Lipinski definition) is 7. The number of rotatable bonds is 5. The van der Waals surface area contributed by atoms with Gasteiger partial charge >= 0.3 is 4.87 Å². The lowest BCUT2D eigenvalue weighted by Crippen LogP contribution is -2.12. The van der Waals surface area contributed by atoms with E-state index in [1.807, 2.05) is 13.8 Å². The third-order valence-corrected chi connectivity index (χ3v) is 4.76. The number of nitro benzene ring substituents is 1. The van der Waals surface area contributed by atoms with Crippen LogP contribution in [-0.4, -0.2) is 19.5 Å². The van der Waals surface area contributed by atoms with Crippen LogP contribution in [0.5, 0.6) is 0 Å². The van der Waals surface area contributed by atoms with E-state index < -0.39 is 4.92 Å². The van der Waals surface area contributed by atoms with Crippen molar-refractivity contribution in [2.75, 3.05) is 5.32 Å². The maximum atomic E-state index is 12.0. The molecule has 0 amide bonds. The zero-order valence-corrected chi connectivity index (χ0v) is 14.4. The van der Waals surface area contributed by atoms with Crippen LogP contribution >= 0.6 is 11.3 Å². The maximum Gasteiger partial charge on any atom is 0.307 e. The fourth-order valence-electron chi connectivity index (χ4n) is 2.45. The van der Waals surface area contributed by atoms with Crippen molar-refractivity contribution in [2.45, 2.75) is 20.4 Å². The molecule has 0 spiro atoms. The number of nitrogens with one attached hydrogen (secondary N) is 1. The van der Waals surface area contributed by atoms with Gasteiger partial charge in [-0.15, -0.1) is 0 Å². The molecular formula is C16H15N5O3S. The molecule has 0 aliphatic heterocycles. The predicted octanol–water partition coefficient (Wildman–Crippen LogP) is 3.35. The lowest BCUT2D eigenvalue weighted by atomic mass is 10.3. The number of anilines is 2. The van der Waals surface area contributed by atoms with E-state index in [4.69, 9.17) is 0 Å². The van der Waals surface area contributed by atoms with Crippen molar-refractivity contribution in [1.82, 2.24) is 14.5 Å². The summed E-state index contributed by atoms with van der Waals surface area (Å²) in [4.78, 5) is 31.7. The molecule has 0 radical (unpaired) electrons. The lowest BCUT2D eigenvalue weighted by molar-refractivity contribution is -0.384. The number of non-ortho nitro benzene ring substituents is 1. The summed E-state index contributed by atoms with van der Waals surface area (Å²) in [5.41, 5.74) is 1.99. The highest BCUT2D eigenvalue weighted by Gasteiger charge is 2.14. The van der Waals surface area contributed by atoms with Crippen molar-refractivity contribution in [2.24, 2.45) is 0 Å². The van der Waals surface area contributed by atoms with Gasteiger partial charge in [0, 0.05) is 36.3 Å². The highest BCUT2D eigenvalue weighted by atomic mass is 32.1. The number of hydrogen-bond donors (Lipinski definition) is 1. The molecule has 25 heavy (non-hydrogen) atoms. The van der Waals surface area contributed by atoms with E-state index >= 15 is 0 Å². The Morgan fingerprint density at radius 2 is 2.16 bits per heavy atom. The van der Waals surface area contributed by atoms with Gasteiger partial charge in [-0.1, -0.05) is 17.4 Å². The monoisotopic (exact) mass is 357 g/mol. The fourth-order valence-corrected chi connectivity index (χ4v) is 3.48. The Morgan fingerprint density at radius 3 is 2.84 bits per heavy atom. The van der Waals surface area contributed by atoms with Crippen molar-refractivity contribution in [3.05, 3.63) is 62.0 Å². The SMILES string of the molecule is CCn1c(C)c(-c2ccnc(Nc3cccc([N+](=O)[O-])c3)n2)sc1=O. The lowest BCUT2D eigenvalue weighted by Gasteiger charge is -2.06. The quantitative estimate of drug-likeness (QED) is 0.555. The number of aromatic nitrogens is 3. The molecule has 0 unspecified atom stereocenters. The molecule has 0 bridgehead atoms. The Hall–Kier alpha value is -3.07. The van der Waals surface area contributed by atoms with Crippen LogP contribution in [0.2, 0.25) is 0 Å². The molecule has 0 aliphatic carbocycles. The first-order chi connectivity index (χ1) is 12.0. The molecule has 1 aromatic carbocycles. The fraction of sp³-hybridized carbons (Fsp3) is 0.188. The minimum absolute atomic E-state index is 0.0183. The molecule has 0 saturated carbocycles. The molecule has 9 heteroatoms. The molecule has 0 aliphatic rings. The van der Waals surface area contributed by atoms with Crippen LogP contribution in [-0.2, 0) is 6.54 Å². The highest BCUT2D eigenvalue weighted by molar-refractivity contribution is 7.13. The highest BCUT2D eigenvalue weighted by Crippen LogP contribution is 2.26. The Labute approximate surface area is 147 Å². The average Bonchev–Trinajstić information content (AvgIpc) is 2.89. The first-order valence-corrected chi connectivity index (χ1v) is 8.36. The van der Waals surface area contributed by atoms with E-state index in [0.29, 0.717) is 23.9 Å². The summed E-state index contributed by atoms with van der Waals surface area (Å²) in [6.45, 7) is 4.40. The zero-order chi connectivity index (χ0) is 18.0. The second kappa shape index (κ2) is 6.81. The molecule has 3 rings (SSSR count).